The zero-order valence-electron chi connectivity index (χ0n) is 13.6. The molecule has 1 aliphatic heterocycles. The fourth-order valence-corrected chi connectivity index (χ4v) is 3.80. The largest absolute Gasteiger partial charge is 0.366 e. The predicted octanol–water partition coefficient (Wildman–Crippen LogP) is 3.72. The van der Waals surface area contributed by atoms with E-state index < -0.39 is 5.41 Å². The number of amides is 1. The Labute approximate surface area is 145 Å². The summed E-state index contributed by atoms with van der Waals surface area (Å²) in [5.41, 5.74) is 1.75. The summed E-state index contributed by atoms with van der Waals surface area (Å²) in [5, 5.41) is 6.94. The Morgan fingerprint density at radius 3 is 2.79 bits per heavy atom. The highest BCUT2D eigenvalue weighted by Gasteiger charge is 2.44. The Bertz CT molecular complexity index is 814. The van der Waals surface area contributed by atoms with Crippen LogP contribution in [0.5, 0.6) is 0 Å². The summed E-state index contributed by atoms with van der Waals surface area (Å²) in [6, 6.07) is 6.06. The van der Waals surface area contributed by atoms with E-state index in [9.17, 15) is 4.79 Å². The SMILES string of the molecule is CC1(C)C(=O)Nc2nccc(C3CC(Nc4ncccc4Cl)C3)c21. The lowest BCUT2D eigenvalue weighted by Gasteiger charge is -2.38. The van der Waals surface area contributed by atoms with Crippen LogP contribution in [0.3, 0.4) is 0 Å². The number of aromatic nitrogens is 2. The first-order valence-electron chi connectivity index (χ1n) is 8.14. The summed E-state index contributed by atoms with van der Waals surface area (Å²) in [7, 11) is 0. The molecule has 24 heavy (non-hydrogen) atoms. The maximum atomic E-state index is 12.2. The Kier molecular flexibility index (Phi) is 3.49. The third kappa shape index (κ3) is 2.35. The van der Waals surface area contributed by atoms with E-state index in [4.69, 9.17) is 11.6 Å². The van der Waals surface area contributed by atoms with E-state index >= 15 is 0 Å². The van der Waals surface area contributed by atoms with E-state index in [2.05, 4.69) is 26.7 Å². The Morgan fingerprint density at radius 2 is 2.04 bits per heavy atom. The van der Waals surface area contributed by atoms with Crippen LogP contribution in [0.2, 0.25) is 5.02 Å². The molecule has 4 rings (SSSR count). The van der Waals surface area contributed by atoms with E-state index in [0.717, 1.165) is 24.2 Å². The Hall–Kier alpha value is -2.14. The van der Waals surface area contributed by atoms with Crippen LogP contribution in [-0.2, 0) is 10.2 Å². The quantitative estimate of drug-likeness (QED) is 0.892. The molecule has 1 fully saturated rings. The van der Waals surface area contributed by atoms with Crippen molar-refractivity contribution in [2.75, 3.05) is 10.6 Å². The monoisotopic (exact) mass is 342 g/mol. The molecule has 0 unspecified atom stereocenters. The standard InChI is InChI=1S/C18H19ClN4O/c1-18(2)14-12(5-7-21-16(14)23-17(18)24)10-8-11(9-10)22-15-13(19)4-3-6-20-15/h3-7,10-11H,8-9H2,1-2H3,(H,20,22)(H,21,23,24). The first-order valence-corrected chi connectivity index (χ1v) is 8.52. The molecule has 2 aromatic heterocycles. The summed E-state index contributed by atoms with van der Waals surface area (Å²) in [6.07, 6.45) is 5.51. The lowest BCUT2D eigenvalue weighted by molar-refractivity contribution is -0.119. The summed E-state index contributed by atoms with van der Waals surface area (Å²) in [6.45, 7) is 3.92. The van der Waals surface area contributed by atoms with Gasteiger partial charge in [0.15, 0.2) is 0 Å². The predicted molar refractivity (Wildman–Crippen MR) is 94.5 cm³/mol. The number of fused-ring (bicyclic) bond motifs is 1. The summed E-state index contributed by atoms with van der Waals surface area (Å²) in [4.78, 5) is 20.8. The van der Waals surface area contributed by atoms with Gasteiger partial charge in [-0.15, -0.1) is 0 Å². The van der Waals surface area contributed by atoms with Crippen molar-refractivity contribution >= 4 is 29.1 Å². The van der Waals surface area contributed by atoms with Gasteiger partial charge in [-0.2, -0.15) is 0 Å². The summed E-state index contributed by atoms with van der Waals surface area (Å²) < 4.78 is 0. The van der Waals surface area contributed by atoms with E-state index in [1.165, 1.54) is 5.56 Å². The first kappa shape index (κ1) is 15.4. The van der Waals surface area contributed by atoms with Crippen molar-refractivity contribution in [3.05, 3.63) is 46.7 Å². The van der Waals surface area contributed by atoms with Crippen molar-refractivity contribution in [3.8, 4) is 0 Å². The van der Waals surface area contributed by atoms with E-state index in [0.29, 0.717) is 22.8 Å². The number of carbonyl (C=O) groups is 1. The third-order valence-corrected chi connectivity index (χ3v) is 5.39. The minimum absolute atomic E-state index is 0.0201. The Morgan fingerprint density at radius 1 is 1.25 bits per heavy atom. The fourth-order valence-electron chi connectivity index (χ4n) is 3.62. The van der Waals surface area contributed by atoms with Crippen LogP contribution in [0.4, 0.5) is 11.6 Å². The van der Waals surface area contributed by atoms with Crippen LogP contribution in [0.1, 0.15) is 43.7 Å². The fraction of sp³-hybridized carbons (Fsp3) is 0.389. The number of hydrogen-bond donors (Lipinski definition) is 2. The van der Waals surface area contributed by atoms with Crippen LogP contribution in [0.15, 0.2) is 30.6 Å². The molecule has 2 aromatic rings. The van der Waals surface area contributed by atoms with E-state index in [1.807, 2.05) is 26.0 Å². The third-order valence-electron chi connectivity index (χ3n) is 5.09. The molecule has 0 bridgehead atoms. The molecule has 1 saturated carbocycles. The molecule has 2 aliphatic rings. The van der Waals surface area contributed by atoms with Crippen molar-refractivity contribution in [2.24, 2.45) is 0 Å². The topological polar surface area (TPSA) is 66.9 Å². The molecule has 3 heterocycles. The highest BCUT2D eigenvalue weighted by Crippen LogP contribution is 2.47. The zero-order valence-corrected chi connectivity index (χ0v) is 14.4. The number of nitrogens with zero attached hydrogens (tertiary/aromatic N) is 2. The number of halogens is 1. The van der Waals surface area contributed by atoms with Gasteiger partial charge in [0.2, 0.25) is 5.91 Å². The van der Waals surface area contributed by atoms with Gasteiger partial charge in [0, 0.05) is 24.0 Å². The molecule has 124 valence electrons. The lowest BCUT2D eigenvalue weighted by atomic mass is 9.71. The molecule has 0 spiro atoms. The van der Waals surface area contributed by atoms with Crippen molar-refractivity contribution in [1.82, 2.24) is 9.97 Å². The number of pyridine rings is 2. The maximum Gasteiger partial charge on any atom is 0.235 e. The molecule has 2 N–H and O–H groups in total. The average molecular weight is 343 g/mol. The second-order valence-electron chi connectivity index (χ2n) is 7.05. The van der Waals surface area contributed by atoms with E-state index in [1.54, 1.807) is 12.4 Å². The molecule has 0 radical (unpaired) electrons. The van der Waals surface area contributed by atoms with Crippen molar-refractivity contribution in [3.63, 3.8) is 0 Å². The van der Waals surface area contributed by atoms with Crippen LogP contribution in [-0.4, -0.2) is 21.9 Å². The van der Waals surface area contributed by atoms with E-state index in [-0.39, 0.29) is 5.91 Å². The normalized spacial score (nSPS) is 24.0. The van der Waals surface area contributed by atoms with Crippen molar-refractivity contribution < 1.29 is 4.79 Å². The molecule has 0 saturated heterocycles. The van der Waals surface area contributed by atoms with Gasteiger partial charge in [0.1, 0.15) is 11.6 Å². The van der Waals surface area contributed by atoms with Crippen LogP contribution >= 0.6 is 11.6 Å². The molecule has 1 aliphatic carbocycles. The summed E-state index contributed by atoms with van der Waals surface area (Å²) in [5.74, 6) is 1.90. The van der Waals surface area contributed by atoms with Gasteiger partial charge in [-0.25, -0.2) is 9.97 Å². The van der Waals surface area contributed by atoms with Crippen LogP contribution < -0.4 is 10.6 Å². The summed E-state index contributed by atoms with van der Waals surface area (Å²) >= 11 is 6.15. The molecular formula is C18H19ClN4O. The first-order chi connectivity index (χ1) is 11.5. The number of hydrogen-bond acceptors (Lipinski definition) is 4. The number of anilines is 2. The second kappa shape index (κ2) is 5.45. The van der Waals surface area contributed by atoms with Crippen LogP contribution in [0, 0.1) is 0 Å². The number of carbonyl (C=O) groups excluding carboxylic acids is 1. The molecule has 5 nitrogen and oxygen atoms in total. The molecule has 0 atom stereocenters. The molecule has 6 heteroatoms. The zero-order chi connectivity index (χ0) is 16.9. The lowest BCUT2D eigenvalue weighted by Crippen LogP contribution is -2.36. The Balaban J connectivity index is 1.52. The average Bonchev–Trinajstić information content (AvgIpc) is 2.74. The molecular weight excluding hydrogens is 324 g/mol. The molecule has 1 amide bonds. The van der Waals surface area contributed by atoms with Gasteiger partial charge in [0.05, 0.1) is 10.4 Å². The minimum Gasteiger partial charge on any atom is -0.366 e. The highest BCUT2D eigenvalue weighted by atomic mass is 35.5. The van der Waals surface area contributed by atoms with Crippen molar-refractivity contribution in [2.45, 2.75) is 44.1 Å². The van der Waals surface area contributed by atoms with Crippen molar-refractivity contribution in [1.29, 1.82) is 0 Å². The van der Waals surface area contributed by atoms with Gasteiger partial charge in [-0.05, 0) is 56.4 Å². The van der Waals surface area contributed by atoms with Gasteiger partial charge < -0.3 is 10.6 Å². The smallest absolute Gasteiger partial charge is 0.235 e. The van der Waals surface area contributed by atoms with Gasteiger partial charge >= 0.3 is 0 Å². The maximum absolute atomic E-state index is 12.2. The minimum atomic E-state index is -0.526. The number of rotatable bonds is 3. The second-order valence-corrected chi connectivity index (χ2v) is 7.45. The van der Waals surface area contributed by atoms with Gasteiger partial charge in [0.25, 0.3) is 0 Å². The van der Waals surface area contributed by atoms with Gasteiger partial charge in [-0.3, -0.25) is 4.79 Å². The number of nitrogens with one attached hydrogen (secondary N) is 2. The van der Waals surface area contributed by atoms with Gasteiger partial charge in [-0.1, -0.05) is 11.6 Å². The molecule has 0 aromatic carbocycles. The van der Waals surface area contributed by atoms with Crippen LogP contribution in [0.25, 0.3) is 0 Å². The highest BCUT2D eigenvalue weighted by molar-refractivity contribution is 6.32.